The van der Waals surface area contributed by atoms with E-state index in [1.165, 1.54) is 10.5 Å². The summed E-state index contributed by atoms with van der Waals surface area (Å²) in [7, 11) is 1.79. The van der Waals surface area contributed by atoms with Crippen LogP contribution in [0.4, 0.5) is 4.79 Å². The van der Waals surface area contributed by atoms with Gasteiger partial charge in [-0.2, -0.15) is 5.10 Å². The lowest BCUT2D eigenvalue weighted by Crippen LogP contribution is -2.40. The van der Waals surface area contributed by atoms with E-state index in [-0.39, 0.29) is 18.5 Å². The van der Waals surface area contributed by atoms with Gasteiger partial charge in [0.25, 0.3) is 5.91 Å². The standard InChI is InChI=1S/C18H22N4O2/c1-12(2)13-5-7-14(8-6-13)18(3)16(23)22(17(24)20-18)11-15-9-10-19-21(15)4/h5-10,12H,11H2,1-4H3,(H,20,24)/t18-/m0/s1. The van der Waals surface area contributed by atoms with E-state index < -0.39 is 5.54 Å². The zero-order chi connectivity index (χ0) is 17.5. The lowest BCUT2D eigenvalue weighted by Gasteiger charge is -2.23. The molecular formula is C18H22N4O2. The molecule has 3 amide bonds. The van der Waals surface area contributed by atoms with Crippen molar-refractivity contribution in [1.82, 2.24) is 20.0 Å². The Kier molecular flexibility index (Phi) is 3.91. The van der Waals surface area contributed by atoms with Crippen LogP contribution in [0.2, 0.25) is 0 Å². The van der Waals surface area contributed by atoms with E-state index in [1.54, 1.807) is 30.9 Å². The molecule has 0 saturated carbocycles. The average molecular weight is 326 g/mol. The molecular weight excluding hydrogens is 304 g/mol. The van der Waals surface area contributed by atoms with Crippen molar-refractivity contribution in [2.45, 2.75) is 38.8 Å². The zero-order valence-electron chi connectivity index (χ0n) is 14.4. The molecule has 3 rings (SSSR count). The van der Waals surface area contributed by atoms with Crippen LogP contribution < -0.4 is 5.32 Å². The SMILES string of the molecule is CC(C)c1ccc([C@]2(C)NC(=O)N(Cc3ccnn3C)C2=O)cc1. The number of imide groups is 1. The molecule has 126 valence electrons. The van der Waals surface area contributed by atoms with Crippen LogP contribution in [-0.4, -0.2) is 26.6 Å². The lowest BCUT2D eigenvalue weighted by molar-refractivity contribution is -0.131. The first-order valence-electron chi connectivity index (χ1n) is 8.04. The fraction of sp³-hybridized carbons (Fsp3) is 0.389. The van der Waals surface area contributed by atoms with Gasteiger partial charge in [-0.05, 0) is 30.0 Å². The first kappa shape index (κ1) is 16.2. The van der Waals surface area contributed by atoms with Crippen molar-refractivity contribution in [3.05, 3.63) is 53.3 Å². The van der Waals surface area contributed by atoms with Crippen LogP contribution in [0.15, 0.2) is 36.5 Å². The van der Waals surface area contributed by atoms with Gasteiger partial charge in [-0.25, -0.2) is 4.79 Å². The third kappa shape index (κ3) is 2.58. The van der Waals surface area contributed by atoms with Crippen LogP contribution in [0.25, 0.3) is 0 Å². The van der Waals surface area contributed by atoms with Crippen molar-refractivity contribution < 1.29 is 9.59 Å². The number of hydrogen-bond donors (Lipinski definition) is 1. The summed E-state index contributed by atoms with van der Waals surface area (Å²) in [6.45, 7) is 6.20. The number of nitrogens with one attached hydrogen (secondary N) is 1. The number of nitrogens with zero attached hydrogens (tertiary/aromatic N) is 3. The molecule has 1 aliphatic rings. The number of carbonyl (C=O) groups is 2. The first-order chi connectivity index (χ1) is 11.3. The second-order valence-corrected chi connectivity index (χ2v) is 6.67. The van der Waals surface area contributed by atoms with Gasteiger partial charge >= 0.3 is 6.03 Å². The van der Waals surface area contributed by atoms with Crippen LogP contribution in [0, 0.1) is 0 Å². The summed E-state index contributed by atoms with van der Waals surface area (Å²) >= 11 is 0. The fourth-order valence-corrected chi connectivity index (χ4v) is 2.96. The number of carbonyl (C=O) groups excluding carboxylic acids is 2. The minimum Gasteiger partial charge on any atom is -0.319 e. The Morgan fingerprint density at radius 1 is 1.17 bits per heavy atom. The number of hydrogen-bond acceptors (Lipinski definition) is 3. The third-order valence-electron chi connectivity index (χ3n) is 4.67. The molecule has 0 radical (unpaired) electrons. The van der Waals surface area contributed by atoms with Gasteiger partial charge in [0.2, 0.25) is 0 Å². The molecule has 6 heteroatoms. The molecule has 0 spiro atoms. The first-order valence-corrected chi connectivity index (χ1v) is 8.04. The molecule has 1 aromatic heterocycles. The summed E-state index contributed by atoms with van der Waals surface area (Å²) in [5.41, 5.74) is 1.76. The van der Waals surface area contributed by atoms with Crippen LogP contribution in [0.5, 0.6) is 0 Å². The molecule has 1 N–H and O–H groups in total. The molecule has 24 heavy (non-hydrogen) atoms. The van der Waals surface area contributed by atoms with Crippen LogP contribution in [-0.2, 0) is 23.9 Å². The second-order valence-electron chi connectivity index (χ2n) is 6.67. The summed E-state index contributed by atoms with van der Waals surface area (Å²) in [4.78, 5) is 26.5. The third-order valence-corrected chi connectivity index (χ3v) is 4.67. The number of aryl methyl sites for hydroxylation is 1. The van der Waals surface area contributed by atoms with Crippen molar-refractivity contribution in [2.24, 2.45) is 7.05 Å². The zero-order valence-corrected chi connectivity index (χ0v) is 14.4. The van der Waals surface area contributed by atoms with E-state index in [1.807, 2.05) is 24.3 Å². The Morgan fingerprint density at radius 2 is 1.83 bits per heavy atom. The van der Waals surface area contributed by atoms with Gasteiger partial charge in [0.05, 0.1) is 12.2 Å². The highest BCUT2D eigenvalue weighted by Gasteiger charge is 2.49. The maximum absolute atomic E-state index is 12.9. The molecule has 6 nitrogen and oxygen atoms in total. The van der Waals surface area contributed by atoms with Gasteiger partial charge in [0.1, 0.15) is 5.54 Å². The normalized spacial score (nSPS) is 20.8. The molecule has 1 atom stereocenters. The van der Waals surface area contributed by atoms with Crippen LogP contribution in [0.1, 0.15) is 43.5 Å². The van der Waals surface area contributed by atoms with E-state index in [9.17, 15) is 9.59 Å². The Bertz CT molecular complexity index is 779. The Hall–Kier alpha value is -2.63. The fourth-order valence-electron chi connectivity index (χ4n) is 2.96. The number of benzene rings is 1. The van der Waals surface area contributed by atoms with E-state index >= 15 is 0 Å². The minimum absolute atomic E-state index is 0.209. The van der Waals surface area contributed by atoms with Crippen molar-refractivity contribution in [3.63, 3.8) is 0 Å². The maximum atomic E-state index is 12.9. The van der Waals surface area contributed by atoms with E-state index in [4.69, 9.17) is 0 Å². The predicted octanol–water partition coefficient (Wildman–Crippen LogP) is 2.51. The molecule has 0 bridgehead atoms. The summed E-state index contributed by atoms with van der Waals surface area (Å²) in [5.74, 6) is 0.174. The van der Waals surface area contributed by atoms with Gasteiger partial charge < -0.3 is 5.32 Å². The van der Waals surface area contributed by atoms with Crippen molar-refractivity contribution in [2.75, 3.05) is 0 Å². The number of rotatable bonds is 4. The highest BCUT2D eigenvalue weighted by Crippen LogP contribution is 2.30. The summed E-state index contributed by atoms with van der Waals surface area (Å²) in [5, 5.41) is 6.91. The molecule has 2 heterocycles. The van der Waals surface area contributed by atoms with Gasteiger partial charge in [-0.1, -0.05) is 38.1 Å². The predicted molar refractivity (Wildman–Crippen MR) is 90.2 cm³/mol. The monoisotopic (exact) mass is 326 g/mol. The molecule has 1 saturated heterocycles. The number of urea groups is 1. The maximum Gasteiger partial charge on any atom is 0.325 e. The largest absolute Gasteiger partial charge is 0.325 e. The van der Waals surface area contributed by atoms with Crippen molar-refractivity contribution in [3.8, 4) is 0 Å². The molecule has 2 aromatic rings. The summed E-state index contributed by atoms with van der Waals surface area (Å²) in [6, 6.07) is 9.27. The Labute approximate surface area is 141 Å². The molecule has 1 fully saturated rings. The Balaban J connectivity index is 1.87. The summed E-state index contributed by atoms with van der Waals surface area (Å²) in [6.07, 6.45) is 1.65. The van der Waals surface area contributed by atoms with Crippen LogP contribution >= 0.6 is 0 Å². The Morgan fingerprint density at radius 3 is 2.38 bits per heavy atom. The van der Waals surface area contributed by atoms with E-state index in [0.29, 0.717) is 5.92 Å². The molecule has 1 aliphatic heterocycles. The second kappa shape index (κ2) is 5.78. The molecule has 0 aliphatic carbocycles. The van der Waals surface area contributed by atoms with Crippen molar-refractivity contribution >= 4 is 11.9 Å². The van der Waals surface area contributed by atoms with Gasteiger partial charge in [0, 0.05) is 13.2 Å². The quantitative estimate of drug-likeness (QED) is 0.878. The average Bonchev–Trinajstić information content (AvgIpc) is 3.05. The highest BCUT2D eigenvalue weighted by atomic mass is 16.2. The summed E-state index contributed by atoms with van der Waals surface area (Å²) < 4.78 is 1.66. The van der Waals surface area contributed by atoms with Crippen molar-refractivity contribution in [1.29, 1.82) is 0 Å². The lowest BCUT2D eigenvalue weighted by atomic mass is 9.90. The van der Waals surface area contributed by atoms with E-state index in [0.717, 1.165) is 11.3 Å². The number of amides is 3. The van der Waals surface area contributed by atoms with Gasteiger partial charge in [0.15, 0.2) is 0 Å². The smallest absolute Gasteiger partial charge is 0.319 e. The minimum atomic E-state index is -1.04. The van der Waals surface area contributed by atoms with E-state index in [2.05, 4.69) is 24.3 Å². The number of aromatic nitrogens is 2. The molecule has 0 unspecified atom stereocenters. The van der Waals surface area contributed by atoms with Crippen LogP contribution in [0.3, 0.4) is 0 Å². The highest BCUT2D eigenvalue weighted by molar-refractivity contribution is 6.07. The van der Waals surface area contributed by atoms with Gasteiger partial charge in [-0.3, -0.25) is 14.4 Å². The van der Waals surface area contributed by atoms with Gasteiger partial charge in [-0.15, -0.1) is 0 Å². The molecule has 1 aromatic carbocycles. The topological polar surface area (TPSA) is 67.2 Å².